The van der Waals surface area contributed by atoms with E-state index >= 15 is 0 Å². The Morgan fingerprint density at radius 1 is 1.17 bits per heavy atom. The van der Waals surface area contributed by atoms with Gasteiger partial charge >= 0.3 is 0 Å². The Bertz CT molecular complexity index is 364. The molecule has 0 bridgehead atoms. The zero-order valence-electron chi connectivity index (χ0n) is 6.25. The summed E-state index contributed by atoms with van der Waals surface area (Å²) >= 11 is 7.39. The standard InChI is InChI=1S/C10H6ClS/c11-10-7-6-9(12-10)8-4-2-1-3-5-8/h1-4,6-7H. The van der Waals surface area contributed by atoms with E-state index in [4.69, 9.17) is 11.6 Å². The van der Waals surface area contributed by atoms with Crippen molar-refractivity contribution in [3.63, 3.8) is 0 Å². The Labute approximate surface area is 80.4 Å². The minimum absolute atomic E-state index is 0.822. The lowest BCUT2D eigenvalue weighted by Crippen LogP contribution is -1.68. The molecule has 0 N–H and O–H groups in total. The van der Waals surface area contributed by atoms with Crippen LogP contribution in [0.3, 0.4) is 0 Å². The van der Waals surface area contributed by atoms with Gasteiger partial charge in [0.15, 0.2) is 0 Å². The highest BCUT2D eigenvalue weighted by Crippen LogP contribution is 2.30. The van der Waals surface area contributed by atoms with E-state index in [9.17, 15) is 0 Å². The summed E-state index contributed by atoms with van der Waals surface area (Å²) in [5.74, 6) is 0. The van der Waals surface area contributed by atoms with E-state index in [0.717, 1.165) is 9.90 Å². The van der Waals surface area contributed by atoms with Crippen LogP contribution in [0.2, 0.25) is 4.34 Å². The molecule has 1 aromatic carbocycles. The molecule has 2 rings (SSSR count). The minimum Gasteiger partial charge on any atom is -0.123 e. The van der Waals surface area contributed by atoms with Crippen molar-refractivity contribution in [2.75, 3.05) is 0 Å². The van der Waals surface area contributed by atoms with Crippen molar-refractivity contribution in [1.82, 2.24) is 0 Å². The third kappa shape index (κ3) is 1.52. The second kappa shape index (κ2) is 3.30. The van der Waals surface area contributed by atoms with Gasteiger partial charge in [-0.3, -0.25) is 0 Å². The number of rotatable bonds is 1. The highest BCUT2D eigenvalue weighted by molar-refractivity contribution is 7.19. The molecule has 0 aliphatic heterocycles. The second-order valence-electron chi connectivity index (χ2n) is 2.38. The largest absolute Gasteiger partial charge is 0.123 e. The predicted molar refractivity (Wildman–Crippen MR) is 53.6 cm³/mol. The molecule has 0 fully saturated rings. The molecule has 0 nitrogen and oxygen atoms in total. The summed E-state index contributed by atoms with van der Waals surface area (Å²) in [6, 6.07) is 15.0. The van der Waals surface area contributed by atoms with Crippen LogP contribution in [0, 0.1) is 6.07 Å². The van der Waals surface area contributed by atoms with Crippen LogP contribution < -0.4 is 0 Å². The molecule has 12 heavy (non-hydrogen) atoms. The summed E-state index contributed by atoms with van der Waals surface area (Å²) < 4.78 is 0.822. The molecular weight excluding hydrogens is 188 g/mol. The SMILES string of the molecule is Clc1ccc(-c2[c]cccc2)s1. The van der Waals surface area contributed by atoms with Gasteiger partial charge in [-0.1, -0.05) is 35.9 Å². The molecular formula is C10H6ClS. The summed E-state index contributed by atoms with van der Waals surface area (Å²) in [5.41, 5.74) is 1.11. The third-order valence-electron chi connectivity index (χ3n) is 1.55. The average Bonchev–Trinajstić information content (AvgIpc) is 2.54. The summed E-state index contributed by atoms with van der Waals surface area (Å²) in [4.78, 5) is 1.17. The molecule has 0 amide bonds. The van der Waals surface area contributed by atoms with Gasteiger partial charge in [-0.2, -0.15) is 0 Å². The summed E-state index contributed by atoms with van der Waals surface area (Å²) in [5, 5.41) is 0. The topological polar surface area (TPSA) is 0 Å². The summed E-state index contributed by atoms with van der Waals surface area (Å²) in [6.07, 6.45) is 0. The molecule has 0 unspecified atom stereocenters. The Balaban J connectivity index is 2.45. The number of halogens is 1. The van der Waals surface area contributed by atoms with Gasteiger partial charge < -0.3 is 0 Å². The molecule has 2 heteroatoms. The molecule has 1 heterocycles. The van der Waals surface area contributed by atoms with Gasteiger partial charge in [-0.25, -0.2) is 0 Å². The third-order valence-corrected chi connectivity index (χ3v) is 2.81. The van der Waals surface area contributed by atoms with E-state index < -0.39 is 0 Å². The molecule has 1 aromatic heterocycles. The molecule has 0 aliphatic carbocycles. The lowest BCUT2D eigenvalue weighted by Gasteiger charge is -1.92. The van der Waals surface area contributed by atoms with Gasteiger partial charge in [-0.05, 0) is 23.8 Å². The first-order valence-corrected chi connectivity index (χ1v) is 4.78. The van der Waals surface area contributed by atoms with Crippen LogP contribution in [-0.2, 0) is 0 Å². The van der Waals surface area contributed by atoms with E-state index in [1.165, 1.54) is 4.88 Å². The maximum atomic E-state index is 5.81. The van der Waals surface area contributed by atoms with Crippen molar-refractivity contribution in [3.05, 3.63) is 46.8 Å². The van der Waals surface area contributed by atoms with Crippen LogP contribution in [0.5, 0.6) is 0 Å². The first-order valence-electron chi connectivity index (χ1n) is 3.59. The Morgan fingerprint density at radius 2 is 2.08 bits per heavy atom. The van der Waals surface area contributed by atoms with Gasteiger partial charge in [0.05, 0.1) is 4.34 Å². The predicted octanol–water partition coefficient (Wildman–Crippen LogP) is 3.87. The molecule has 0 atom stereocenters. The van der Waals surface area contributed by atoms with Crippen LogP contribution in [0.1, 0.15) is 0 Å². The van der Waals surface area contributed by atoms with Crippen molar-refractivity contribution in [3.8, 4) is 10.4 Å². The van der Waals surface area contributed by atoms with E-state index in [1.807, 2.05) is 36.4 Å². The zero-order valence-corrected chi connectivity index (χ0v) is 7.82. The van der Waals surface area contributed by atoms with E-state index in [0.29, 0.717) is 0 Å². The molecule has 0 aliphatic rings. The number of hydrogen-bond donors (Lipinski definition) is 0. The normalized spacial score (nSPS) is 10.1. The number of benzene rings is 1. The van der Waals surface area contributed by atoms with E-state index in [1.54, 1.807) is 11.3 Å². The van der Waals surface area contributed by atoms with Crippen LogP contribution >= 0.6 is 22.9 Å². The van der Waals surface area contributed by atoms with E-state index in [-0.39, 0.29) is 0 Å². The van der Waals surface area contributed by atoms with Gasteiger partial charge in [-0.15, -0.1) is 11.3 Å². The second-order valence-corrected chi connectivity index (χ2v) is 4.10. The van der Waals surface area contributed by atoms with Crippen LogP contribution in [0.25, 0.3) is 10.4 Å². The minimum atomic E-state index is 0.822. The summed E-state index contributed by atoms with van der Waals surface area (Å²) in [7, 11) is 0. The lowest BCUT2D eigenvalue weighted by molar-refractivity contribution is 1.68. The van der Waals surface area contributed by atoms with Crippen LogP contribution in [-0.4, -0.2) is 0 Å². The fraction of sp³-hybridized carbons (Fsp3) is 0. The highest BCUT2D eigenvalue weighted by atomic mass is 35.5. The van der Waals surface area contributed by atoms with Crippen molar-refractivity contribution >= 4 is 22.9 Å². The molecule has 1 radical (unpaired) electrons. The van der Waals surface area contributed by atoms with Gasteiger partial charge in [0.2, 0.25) is 0 Å². The molecule has 0 saturated carbocycles. The van der Waals surface area contributed by atoms with Crippen molar-refractivity contribution in [2.45, 2.75) is 0 Å². The zero-order chi connectivity index (χ0) is 8.39. The first kappa shape index (κ1) is 7.84. The Kier molecular flexibility index (Phi) is 2.15. The van der Waals surface area contributed by atoms with Crippen LogP contribution in [0.4, 0.5) is 0 Å². The van der Waals surface area contributed by atoms with Crippen molar-refractivity contribution in [2.24, 2.45) is 0 Å². The molecule has 0 spiro atoms. The maximum Gasteiger partial charge on any atom is 0.0934 e. The number of hydrogen-bond acceptors (Lipinski definition) is 1. The van der Waals surface area contributed by atoms with Gasteiger partial charge in [0.25, 0.3) is 0 Å². The molecule has 2 aromatic rings. The lowest BCUT2D eigenvalue weighted by atomic mass is 10.2. The maximum absolute atomic E-state index is 5.81. The summed E-state index contributed by atoms with van der Waals surface area (Å²) in [6.45, 7) is 0. The van der Waals surface area contributed by atoms with Crippen molar-refractivity contribution < 1.29 is 0 Å². The quantitative estimate of drug-likeness (QED) is 0.645. The fourth-order valence-corrected chi connectivity index (χ4v) is 2.04. The molecule has 59 valence electrons. The smallest absolute Gasteiger partial charge is 0.0934 e. The average molecular weight is 194 g/mol. The molecule has 0 saturated heterocycles. The Hall–Kier alpha value is -0.790. The Morgan fingerprint density at radius 3 is 2.67 bits per heavy atom. The van der Waals surface area contributed by atoms with Gasteiger partial charge in [0, 0.05) is 4.88 Å². The van der Waals surface area contributed by atoms with Gasteiger partial charge in [0.1, 0.15) is 0 Å². The monoisotopic (exact) mass is 193 g/mol. The van der Waals surface area contributed by atoms with Crippen LogP contribution in [0.15, 0.2) is 36.4 Å². The van der Waals surface area contributed by atoms with Crippen molar-refractivity contribution in [1.29, 1.82) is 0 Å². The first-order chi connectivity index (χ1) is 5.86. The van der Waals surface area contributed by atoms with E-state index in [2.05, 4.69) is 6.07 Å². The fourth-order valence-electron chi connectivity index (χ4n) is 1.01. The highest BCUT2D eigenvalue weighted by Gasteiger charge is 1.99. The number of thiophene rings is 1.